The van der Waals surface area contributed by atoms with Gasteiger partial charge >= 0.3 is 0 Å². The number of hydrogen-bond acceptors (Lipinski definition) is 6. The lowest BCUT2D eigenvalue weighted by molar-refractivity contribution is -0.00590. The maximum absolute atomic E-state index is 12.9. The summed E-state index contributed by atoms with van der Waals surface area (Å²) >= 11 is 0. The highest BCUT2D eigenvalue weighted by molar-refractivity contribution is 5.99. The topological polar surface area (TPSA) is 92.5 Å². The molecule has 26 heavy (non-hydrogen) atoms. The van der Waals surface area contributed by atoms with Gasteiger partial charge in [-0.05, 0) is 31.0 Å². The van der Waals surface area contributed by atoms with Crippen LogP contribution < -0.4 is 10.2 Å². The number of nitrogens with zero attached hydrogens (tertiary/aromatic N) is 4. The van der Waals surface area contributed by atoms with Gasteiger partial charge in [-0.2, -0.15) is 5.10 Å². The van der Waals surface area contributed by atoms with Crippen molar-refractivity contribution in [3.05, 3.63) is 41.9 Å². The van der Waals surface area contributed by atoms with Crippen molar-refractivity contribution >= 4 is 11.7 Å². The van der Waals surface area contributed by atoms with Crippen LogP contribution in [0.2, 0.25) is 0 Å². The molecule has 0 radical (unpaired) electrons. The number of anilines is 1. The highest BCUT2D eigenvalue weighted by Gasteiger charge is 2.43. The van der Waals surface area contributed by atoms with Crippen LogP contribution in [0.25, 0.3) is 0 Å². The molecule has 1 aliphatic heterocycles. The van der Waals surface area contributed by atoms with E-state index >= 15 is 0 Å². The molecular formula is C18H23N5O3. The molecule has 1 saturated heterocycles. The second-order valence-electron chi connectivity index (χ2n) is 6.85. The van der Waals surface area contributed by atoms with Crippen molar-refractivity contribution < 1.29 is 14.6 Å². The minimum atomic E-state index is -0.507. The first kappa shape index (κ1) is 17.0. The third kappa shape index (κ3) is 3.17. The minimum Gasteiger partial charge on any atom is -0.391 e. The molecule has 0 spiro atoms. The quantitative estimate of drug-likeness (QED) is 0.829. The van der Waals surface area contributed by atoms with Crippen molar-refractivity contribution in [1.29, 1.82) is 0 Å². The van der Waals surface area contributed by atoms with Gasteiger partial charge in [0.1, 0.15) is 5.82 Å². The van der Waals surface area contributed by atoms with Crippen LogP contribution in [-0.2, 0) is 4.74 Å². The lowest BCUT2D eigenvalue weighted by Gasteiger charge is -2.42. The van der Waals surface area contributed by atoms with Gasteiger partial charge < -0.3 is 20.1 Å². The SMILES string of the molecule is Cc1cnn([C@H]2[C@H](O)C[C@@H]2NC(=O)c2cccnc2N2CCOCC2)c1. The summed E-state index contributed by atoms with van der Waals surface area (Å²) in [6.07, 6.45) is 5.34. The zero-order chi connectivity index (χ0) is 18.1. The van der Waals surface area contributed by atoms with E-state index in [-0.39, 0.29) is 18.0 Å². The molecule has 2 N–H and O–H groups in total. The van der Waals surface area contributed by atoms with Crippen molar-refractivity contribution in [3.63, 3.8) is 0 Å². The number of aryl methyl sites for hydroxylation is 1. The molecule has 3 heterocycles. The maximum Gasteiger partial charge on any atom is 0.255 e. The van der Waals surface area contributed by atoms with E-state index in [4.69, 9.17) is 4.74 Å². The molecule has 0 unspecified atom stereocenters. The number of aliphatic hydroxyl groups excluding tert-OH is 1. The van der Waals surface area contributed by atoms with Gasteiger partial charge in [0.2, 0.25) is 0 Å². The normalized spacial score (nSPS) is 25.6. The Morgan fingerprint density at radius 2 is 2.19 bits per heavy atom. The van der Waals surface area contributed by atoms with Crippen molar-refractivity contribution in [2.75, 3.05) is 31.2 Å². The van der Waals surface area contributed by atoms with Gasteiger partial charge in [-0.1, -0.05) is 0 Å². The first-order valence-electron chi connectivity index (χ1n) is 8.91. The number of amides is 1. The van der Waals surface area contributed by atoms with Gasteiger partial charge in [-0.25, -0.2) is 4.98 Å². The first-order valence-corrected chi connectivity index (χ1v) is 8.91. The zero-order valence-corrected chi connectivity index (χ0v) is 14.7. The van der Waals surface area contributed by atoms with Crippen molar-refractivity contribution in [1.82, 2.24) is 20.1 Å². The van der Waals surface area contributed by atoms with Crippen molar-refractivity contribution in [3.8, 4) is 0 Å². The molecule has 1 saturated carbocycles. The molecule has 2 fully saturated rings. The third-order valence-electron chi connectivity index (χ3n) is 5.00. The molecule has 1 aliphatic carbocycles. The van der Waals surface area contributed by atoms with Crippen LogP contribution in [0.3, 0.4) is 0 Å². The number of carbonyl (C=O) groups excluding carboxylic acids is 1. The molecule has 138 valence electrons. The lowest BCUT2D eigenvalue weighted by atomic mass is 9.83. The van der Waals surface area contributed by atoms with Crippen molar-refractivity contribution in [2.24, 2.45) is 0 Å². The van der Waals surface area contributed by atoms with Gasteiger partial charge in [0.05, 0.1) is 43.2 Å². The number of pyridine rings is 1. The summed E-state index contributed by atoms with van der Waals surface area (Å²) in [6.45, 7) is 4.65. The summed E-state index contributed by atoms with van der Waals surface area (Å²) in [4.78, 5) is 19.4. The molecule has 0 bridgehead atoms. The van der Waals surface area contributed by atoms with Crippen LogP contribution in [-0.4, -0.2) is 64.2 Å². The van der Waals surface area contributed by atoms with Crippen LogP contribution in [0.5, 0.6) is 0 Å². The number of aromatic nitrogens is 3. The molecule has 2 aliphatic rings. The fraction of sp³-hybridized carbons (Fsp3) is 0.500. The Kier molecular flexibility index (Phi) is 4.60. The van der Waals surface area contributed by atoms with Crippen LogP contribution in [0.4, 0.5) is 5.82 Å². The summed E-state index contributed by atoms with van der Waals surface area (Å²) in [5.41, 5.74) is 1.57. The molecular weight excluding hydrogens is 334 g/mol. The maximum atomic E-state index is 12.9. The number of hydrogen-bond donors (Lipinski definition) is 2. The zero-order valence-electron chi connectivity index (χ0n) is 14.7. The molecule has 2 aromatic rings. The Morgan fingerprint density at radius 1 is 1.38 bits per heavy atom. The van der Waals surface area contributed by atoms with E-state index in [1.54, 1.807) is 29.2 Å². The van der Waals surface area contributed by atoms with Gasteiger partial charge in [-0.15, -0.1) is 0 Å². The Morgan fingerprint density at radius 3 is 2.88 bits per heavy atom. The van der Waals surface area contributed by atoms with E-state index in [0.717, 1.165) is 5.56 Å². The van der Waals surface area contributed by atoms with Gasteiger partial charge in [0.15, 0.2) is 0 Å². The summed E-state index contributed by atoms with van der Waals surface area (Å²) in [6, 6.07) is 3.16. The number of morpholine rings is 1. The molecule has 3 atom stereocenters. The monoisotopic (exact) mass is 357 g/mol. The molecule has 8 heteroatoms. The number of aliphatic hydroxyl groups is 1. The first-order chi connectivity index (χ1) is 12.6. The smallest absolute Gasteiger partial charge is 0.255 e. The highest BCUT2D eigenvalue weighted by atomic mass is 16.5. The van der Waals surface area contributed by atoms with E-state index in [2.05, 4.69) is 20.3 Å². The summed E-state index contributed by atoms with van der Waals surface area (Å²) in [5.74, 6) is 0.505. The molecule has 4 rings (SSSR count). The van der Waals surface area contributed by atoms with Crippen LogP contribution >= 0.6 is 0 Å². The van der Waals surface area contributed by atoms with Gasteiger partial charge in [-0.3, -0.25) is 9.48 Å². The predicted molar refractivity (Wildman–Crippen MR) is 95.1 cm³/mol. The molecule has 1 amide bonds. The number of rotatable bonds is 4. The van der Waals surface area contributed by atoms with Gasteiger partial charge in [0, 0.05) is 25.5 Å². The largest absolute Gasteiger partial charge is 0.391 e. The second kappa shape index (κ2) is 7.05. The minimum absolute atomic E-state index is 0.158. The Hall–Kier alpha value is -2.45. The van der Waals surface area contributed by atoms with Crippen molar-refractivity contribution in [2.45, 2.75) is 31.5 Å². The average molecular weight is 357 g/mol. The van der Waals surface area contributed by atoms with Crippen LogP contribution in [0.1, 0.15) is 28.4 Å². The molecule has 0 aromatic carbocycles. The fourth-order valence-corrected chi connectivity index (χ4v) is 3.56. The van der Waals surface area contributed by atoms with E-state index in [9.17, 15) is 9.90 Å². The van der Waals surface area contributed by atoms with Gasteiger partial charge in [0.25, 0.3) is 5.91 Å². The highest BCUT2D eigenvalue weighted by Crippen LogP contribution is 2.33. The third-order valence-corrected chi connectivity index (χ3v) is 5.00. The average Bonchev–Trinajstić information content (AvgIpc) is 3.07. The second-order valence-corrected chi connectivity index (χ2v) is 6.85. The summed E-state index contributed by atoms with van der Waals surface area (Å²) in [7, 11) is 0. The number of ether oxygens (including phenoxy) is 1. The van der Waals surface area contributed by atoms with Crippen LogP contribution in [0, 0.1) is 6.92 Å². The van der Waals surface area contributed by atoms with E-state index < -0.39 is 6.10 Å². The standard InChI is InChI=1S/C18H23N5O3/c1-12-10-20-23(11-12)16-14(9-15(16)24)21-18(25)13-3-2-4-19-17(13)22-5-7-26-8-6-22/h2-4,10-11,14-16,24H,5-9H2,1H3,(H,21,25)/t14-,15+,16+/m0/s1. The number of carbonyl (C=O) groups is 1. The predicted octanol–water partition coefficient (Wildman–Crippen LogP) is 0.527. The lowest BCUT2D eigenvalue weighted by Crippen LogP contribution is -2.56. The fourth-order valence-electron chi connectivity index (χ4n) is 3.56. The van der Waals surface area contributed by atoms with Crippen LogP contribution in [0.15, 0.2) is 30.7 Å². The van der Waals surface area contributed by atoms with E-state index in [1.807, 2.05) is 13.1 Å². The Balaban J connectivity index is 1.50. The molecule has 2 aromatic heterocycles. The summed E-state index contributed by atoms with van der Waals surface area (Å²) in [5, 5.41) is 17.5. The van der Waals surface area contributed by atoms with E-state index in [1.165, 1.54) is 0 Å². The Labute approximate surface area is 151 Å². The Bertz CT molecular complexity index is 787. The number of nitrogens with one attached hydrogen (secondary N) is 1. The summed E-state index contributed by atoms with van der Waals surface area (Å²) < 4.78 is 7.12. The molecule has 8 nitrogen and oxygen atoms in total. The van der Waals surface area contributed by atoms with E-state index in [0.29, 0.717) is 44.1 Å².